The van der Waals surface area contributed by atoms with E-state index in [-0.39, 0.29) is 0 Å². The summed E-state index contributed by atoms with van der Waals surface area (Å²) in [7, 11) is 0. The van der Waals surface area contributed by atoms with Crippen molar-refractivity contribution in [2.24, 2.45) is 0 Å². The van der Waals surface area contributed by atoms with E-state index in [4.69, 9.17) is 15.0 Å². The monoisotopic (exact) mass is 463 g/mol. The summed E-state index contributed by atoms with van der Waals surface area (Å²) in [4.78, 5) is 24.1. The third-order valence-electron chi connectivity index (χ3n) is 6.71. The van der Waals surface area contributed by atoms with E-state index in [1.54, 1.807) is 12.4 Å². The maximum absolute atomic E-state index is 5.07. The number of pyridine rings is 2. The first kappa shape index (κ1) is 20.6. The van der Waals surface area contributed by atoms with Gasteiger partial charge in [-0.15, -0.1) is 0 Å². The van der Waals surface area contributed by atoms with Crippen molar-refractivity contribution in [3.8, 4) is 22.8 Å². The summed E-state index contributed by atoms with van der Waals surface area (Å²) in [5, 5.41) is 6.70. The van der Waals surface area contributed by atoms with E-state index >= 15 is 0 Å². The van der Waals surface area contributed by atoms with Gasteiger partial charge < -0.3 is 0 Å². The quantitative estimate of drug-likeness (QED) is 0.260. The van der Waals surface area contributed by atoms with Crippen LogP contribution in [0.15, 0.2) is 97.3 Å². The van der Waals surface area contributed by atoms with Crippen LogP contribution in [0.1, 0.15) is 12.7 Å². The molecular weight excluding hydrogens is 442 g/mol. The number of aryl methyl sites for hydroxylation is 1. The van der Waals surface area contributed by atoms with Gasteiger partial charge in [0.1, 0.15) is 5.82 Å². The minimum atomic E-state index is 0.651. The molecule has 0 aliphatic rings. The van der Waals surface area contributed by atoms with Crippen LogP contribution in [0.5, 0.6) is 0 Å². The van der Waals surface area contributed by atoms with E-state index in [1.807, 2.05) is 12.1 Å². The van der Waals surface area contributed by atoms with Gasteiger partial charge in [-0.05, 0) is 45.8 Å². The molecule has 36 heavy (non-hydrogen) atoms. The summed E-state index contributed by atoms with van der Waals surface area (Å²) in [5.74, 6) is 2.09. The minimum Gasteiger partial charge on any atom is -0.254 e. The maximum atomic E-state index is 5.07. The van der Waals surface area contributed by atoms with E-state index in [0.29, 0.717) is 18.1 Å². The fourth-order valence-electron chi connectivity index (χ4n) is 5.02. The molecule has 0 bridgehead atoms. The molecule has 0 amide bonds. The van der Waals surface area contributed by atoms with Crippen LogP contribution in [0.25, 0.3) is 66.1 Å². The summed E-state index contributed by atoms with van der Waals surface area (Å²) in [6, 6.07) is 29.2. The van der Waals surface area contributed by atoms with Gasteiger partial charge in [0.25, 0.3) is 0 Å². The lowest BCUT2D eigenvalue weighted by atomic mass is 9.97. The molecule has 7 aromatic rings. The van der Waals surface area contributed by atoms with Gasteiger partial charge in [-0.25, -0.2) is 15.0 Å². The molecule has 3 aromatic heterocycles. The number of hydrogen-bond acceptors (Lipinski definition) is 5. The van der Waals surface area contributed by atoms with Crippen molar-refractivity contribution in [1.82, 2.24) is 24.9 Å². The Hall–Kier alpha value is -4.77. The Morgan fingerprint density at radius 2 is 1.11 bits per heavy atom. The first-order valence-electron chi connectivity index (χ1n) is 12.1. The van der Waals surface area contributed by atoms with Crippen LogP contribution in [-0.2, 0) is 6.42 Å². The second-order valence-corrected chi connectivity index (χ2v) is 8.84. The van der Waals surface area contributed by atoms with E-state index in [0.717, 1.165) is 49.5 Å². The van der Waals surface area contributed by atoms with Crippen LogP contribution in [0.2, 0.25) is 0 Å². The lowest BCUT2D eigenvalue weighted by Crippen LogP contribution is -2.03. The Morgan fingerprint density at radius 3 is 1.92 bits per heavy atom. The largest absolute Gasteiger partial charge is 0.254 e. The van der Waals surface area contributed by atoms with E-state index < -0.39 is 0 Å². The van der Waals surface area contributed by atoms with Crippen molar-refractivity contribution in [2.75, 3.05) is 0 Å². The number of fused-ring (bicyclic) bond motifs is 6. The Balaban J connectivity index is 1.55. The second-order valence-electron chi connectivity index (χ2n) is 8.84. The zero-order chi connectivity index (χ0) is 24.1. The third-order valence-corrected chi connectivity index (χ3v) is 6.71. The van der Waals surface area contributed by atoms with Crippen LogP contribution < -0.4 is 0 Å². The molecule has 0 fully saturated rings. The molecule has 3 heterocycles. The zero-order valence-electron chi connectivity index (χ0n) is 19.7. The predicted octanol–water partition coefficient (Wildman–Crippen LogP) is 7.17. The lowest BCUT2D eigenvalue weighted by molar-refractivity contribution is 0.912. The molecule has 7 rings (SSSR count). The predicted molar refractivity (Wildman–Crippen MR) is 146 cm³/mol. The van der Waals surface area contributed by atoms with Gasteiger partial charge in [0.05, 0.1) is 11.0 Å². The highest BCUT2D eigenvalue weighted by Gasteiger charge is 2.17. The normalized spacial score (nSPS) is 11.6. The van der Waals surface area contributed by atoms with E-state index in [9.17, 15) is 0 Å². The van der Waals surface area contributed by atoms with Gasteiger partial charge in [0, 0.05) is 40.7 Å². The lowest BCUT2D eigenvalue weighted by Gasteiger charge is -2.13. The van der Waals surface area contributed by atoms with Gasteiger partial charge in [-0.1, -0.05) is 67.6 Å². The first-order valence-corrected chi connectivity index (χ1v) is 12.1. The number of rotatable bonds is 3. The highest BCUT2D eigenvalue weighted by Crippen LogP contribution is 2.36. The van der Waals surface area contributed by atoms with Gasteiger partial charge in [0.15, 0.2) is 11.6 Å². The fraction of sp³-hybridized carbons (Fsp3) is 0.0645. The van der Waals surface area contributed by atoms with Crippen LogP contribution >= 0.6 is 0 Å². The van der Waals surface area contributed by atoms with Crippen molar-refractivity contribution in [2.45, 2.75) is 13.3 Å². The van der Waals surface area contributed by atoms with Gasteiger partial charge in [-0.3, -0.25) is 9.97 Å². The molecule has 5 heteroatoms. The summed E-state index contributed by atoms with van der Waals surface area (Å²) >= 11 is 0. The van der Waals surface area contributed by atoms with E-state index in [1.165, 1.54) is 10.8 Å². The van der Waals surface area contributed by atoms with Crippen LogP contribution in [0, 0.1) is 0 Å². The Labute approximate surface area is 207 Å². The molecule has 4 aromatic carbocycles. The van der Waals surface area contributed by atoms with Crippen molar-refractivity contribution < 1.29 is 0 Å². The molecule has 5 nitrogen and oxygen atoms in total. The third kappa shape index (κ3) is 3.21. The smallest absolute Gasteiger partial charge is 0.164 e. The Bertz CT molecular complexity index is 1810. The Kier molecular flexibility index (Phi) is 4.67. The average Bonchev–Trinajstić information content (AvgIpc) is 2.96. The number of hydrogen-bond donors (Lipinski definition) is 0. The molecule has 0 unspecified atom stereocenters. The summed E-state index contributed by atoms with van der Waals surface area (Å²) in [6.45, 7) is 2.07. The molecule has 0 spiro atoms. The van der Waals surface area contributed by atoms with Crippen LogP contribution in [-0.4, -0.2) is 24.9 Å². The topological polar surface area (TPSA) is 64.5 Å². The molecule has 0 radical (unpaired) electrons. The second kappa shape index (κ2) is 8.17. The maximum Gasteiger partial charge on any atom is 0.164 e. The fourth-order valence-corrected chi connectivity index (χ4v) is 5.02. The molecule has 0 atom stereocenters. The van der Waals surface area contributed by atoms with Gasteiger partial charge >= 0.3 is 0 Å². The minimum absolute atomic E-state index is 0.651. The highest BCUT2D eigenvalue weighted by atomic mass is 15.0. The highest BCUT2D eigenvalue weighted by molar-refractivity contribution is 6.13. The summed E-state index contributed by atoms with van der Waals surface area (Å²) < 4.78 is 0. The summed E-state index contributed by atoms with van der Waals surface area (Å²) in [5.41, 5.74) is 3.67. The average molecular weight is 464 g/mol. The van der Waals surface area contributed by atoms with E-state index in [2.05, 4.69) is 89.7 Å². The molecule has 170 valence electrons. The van der Waals surface area contributed by atoms with Crippen molar-refractivity contribution in [1.29, 1.82) is 0 Å². The first-order chi connectivity index (χ1) is 17.8. The number of aromatic nitrogens is 5. The number of nitrogens with zero attached hydrogens (tertiary/aromatic N) is 5. The van der Waals surface area contributed by atoms with Gasteiger partial charge in [-0.2, -0.15) is 0 Å². The van der Waals surface area contributed by atoms with Gasteiger partial charge in [0.2, 0.25) is 0 Å². The standard InChI is InChI=1S/C31H21N5/c1-2-27-34-30(25-17-19-9-3-4-11-21(19)22-12-5-6-13-23(22)25)36-31(35-27)26-18-20-10-7-15-32-28(20)29-24(26)14-8-16-33-29/h3-18H,2H2,1H3. The van der Waals surface area contributed by atoms with Crippen LogP contribution in [0.4, 0.5) is 0 Å². The van der Waals surface area contributed by atoms with Crippen molar-refractivity contribution >= 4 is 43.4 Å². The van der Waals surface area contributed by atoms with Crippen LogP contribution in [0.3, 0.4) is 0 Å². The van der Waals surface area contributed by atoms with Crippen molar-refractivity contribution in [3.63, 3.8) is 0 Å². The molecule has 0 aliphatic carbocycles. The van der Waals surface area contributed by atoms with Crippen molar-refractivity contribution in [3.05, 3.63) is 103 Å². The molecule has 0 aliphatic heterocycles. The summed E-state index contributed by atoms with van der Waals surface area (Å²) in [6.07, 6.45) is 4.31. The number of benzene rings is 4. The molecule has 0 saturated carbocycles. The Morgan fingerprint density at radius 1 is 0.528 bits per heavy atom. The molecule has 0 saturated heterocycles. The zero-order valence-corrected chi connectivity index (χ0v) is 19.7. The molecular formula is C31H21N5. The SMILES string of the molecule is CCc1nc(-c2cc3ccccc3c3ccccc23)nc(-c2cc3cccnc3c3ncccc23)n1. The molecule has 0 N–H and O–H groups in total.